The van der Waals surface area contributed by atoms with Crippen LogP contribution in [0.3, 0.4) is 0 Å². The third kappa shape index (κ3) is 4.15. The molecule has 0 aromatic heterocycles. The predicted octanol–water partition coefficient (Wildman–Crippen LogP) is 2.93. The molecule has 6 heteroatoms. The molecule has 6 nitrogen and oxygen atoms in total. The zero-order valence-corrected chi connectivity index (χ0v) is 16.0. The van der Waals surface area contributed by atoms with E-state index in [1.54, 1.807) is 0 Å². The van der Waals surface area contributed by atoms with E-state index in [1.807, 2.05) is 37.3 Å². The summed E-state index contributed by atoms with van der Waals surface area (Å²) < 4.78 is 0. The molecule has 4 amide bonds. The lowest BCUT2D eigenvalue weighted by atomic mass is 9.85. The molecule has 0 spiro atoms. The van der Waals surface area contributed by atoms with Gasteiger partial charge in [-0.2, -0.15) is 0 Å². The highest BCUT2D eigenvalue weighted by atomic mass is 16.2. The topological polar surface area (TPSA) is 78.5 Å². The predicted molar refractivity (Wildman–Crippen MR) is 103 cm³/mol. The van der Waals surface area contributed by atoms with Crippen LogP contribution in [0.2, 0.25) is 0 Å². The number of carbonyl (C=O) groups is 3. The molecule has 1 aliphatic carbocycles. The van der Waals surface area contributed by atoms with Crippen LogP contribution in [-0.2, 0) is 15.1 Å². The Morgan fingerprint density at radius 1 is 1.19 bits per heavy atom. The SMILES string of the molecule is CCCC1(c2ccccc2)NC(=O)N(CC(=O)NCC2CCCCC2)C1=O. The molecule has 27 heavy (non-hydrogen) atoms. The van der Waals surface area contributed by atoms with Crippen LogP contribution in [0, 0.1) is 5.92 Å². The lowest BCUT2D eigenvalue weighted by molar-refractivity contribution is -0.135. The van der Waals surface area contributed by atoms with E-state index in [2.05, 4.69) is 10.6 Å². The van der Waals surface area contributed by atoms with E-state index in [-0.39, 0.29) is 18.4 Å². The first-order valence-corrected chi connectivity index (χ1v) is 10.0. The van der Waals surface area contributed by atoms with E-state index in [0.29, 0.717) is 18.9 Å². The van der Waals surface area contributed by atoms with Gasteiger partial charge in [0.25, 0.3) is 5.91 Å². The van der Waals surface area contributed by atoms with Crippen LogP contribution in [-0.4, -0.2) is 35.8 Å². The van der Waals surface area contributed by atoms with Crippen LogP contribution in [0.4, 0.5) is 4.79 Å². The van der Waals surface area contributed by atoms with Crippen molar-refractivity contribution in [3.63, 3.8) is 0 Å². The number of nitrogens with zero attached hydrogens (tertiary/aromatic N) is 1. The molecule has 1 aromatic rings. The van der Waals surface area contributed by atoms with Gasteiger partial charge < -0.3 is 10.6 Å². The van der Waals surface area contributed by atoms with E-state index in [4.69, 9.17) is 0 Å². The summed E-state index contributed by atoms with van der Waals surface area (Å²) >= 11 is 0. The van der Waals surface area contributed by atoms with Gasteiger partial charge in [-0.1, -0.05) is 62.9 Å². The maximum absolute atomic E-state index is 13.1. The molecule has 1 saturated carbocycles. The second-order valence-corrected chi connectivity index (χ2v) is 7.65. The molecule has 2 aliphatic rings. The maximum atomic E-state index is 13.1. The first-order chi connectivity index (χ1) is 13.1. The van der Waals surface area contributed by atoms with E-state index in [1.165, 1.54) is 19.3 Å². The third-order valence-electron chi connectivity index (χ3n) is 5.68. The Kier molecular flexibility index (Phi) is 6.14. The van der Waals surface area contributed by atoms with Crippen LogP contribution >= 0.6 is 0 Å². The Labute approximate surface area is 160 Å². The number of nitrogens with one attached hydrogen (secondary N) is 2. The fourth-order valence-corrected chi connectivity index (χ4v) is 4.23. The normalized spacial score (nSPS) is 23.4. The average Bonchev–Trinajstić information content (AvgIpc) is 2.93. The Hall–Kier alpha value is -2.37. The minimum atomic E-state index is -1.07. The van der Waals surface area contributed by atoms with Gasteiger partial charge in [-0.25, -0.2) is 4.79 Å². The zero-order chi connectivity index (χ0) is 19.3. The standard InChI is InChI=1S/C21H29N3O3/c1-2-13-21(17-11-7-4-8-12-17)19(26)24(20(27)23-21)15-18(25)22-14-16-9-5-3-6-10-16/h4,7-8,11-12,16H,2-3,5-6,9-10,13-15H2,1H3,(H,22,25)(H,23,27). The third-order valence-corrected chi connectivity index (χ3v) is 5.68. The monoisotopic (exact) mass is 371 g/mol. The summed E-state index contributed by atoms with van der Waals surface area (Å²) in [5, 5.41) is 5.76. The Morgan fingerprint density at radius 2 is 1.89 bits per heavy atom. The maximum Gasteiger partial charge on any atom is 0.325 e. The summed E-state index contributed by atoms with van der Waals surface area (Å²) in [6, 6.07) is 8.78. The molecule has 0 bridgehead atoms. The molecule has 2 fully saturated rings. The van der Waals surface area contributed by atoms with Crippen molar-refractivity contribution in [2.75, 3.05) is 13.1 Å². The van der Waals surface area contributed by atoms with Crippen molar-refractivity contribution in [1.82, 2.24) is 15.5 Å². The summed E-state index contributed by atoms with van der Waals surface area (Å²) in [5.74, 6) is -0.105. The van der Waals surface area contributed by atoms with Crippen molar-refractivity contribution in [3.05, 3.63) is 35.9 Å². The number of amides is 4. The Balaban J connectivity index is 1.66. The number of benzene rings is 1. The smallest absolute Gasteiger partial charge is 0.325 e. The lowest BCUT2D eigenvalue weighted by Crippen LogP contribution is -2.45. The molecule has 146 valence electrons. The quantitative estimate of drug-likeness (QED) is 0.724. The molecule has 2 N–H and O–H groups in total. The van der Waals surface area contributed by atoms with Crippen molar-refractivity contribution in [1.29, 1.82) is 0 Å². The van der Waals surface area contributed by atoms with Crippen LogP contribution in [0.15, 0.2) is 30.3 Å². The number of hydrogen-bond acceptors (Lipinski definition) is 3. The molecular formula is C21H29N3O3. The number of carbonyl (C=O) groups excluding carboxylic acids is 3. The summed E-state index contributed by atoms with van der Waals surface area (Å²) in [6.45, 7) is 2.38. The fourth-order valence-electron chi connectivity index (χ4n) is 4.23. The molecule has 1 unspecified atom stereocenters. The van der Waals surface area contributed by atoms with Crippen LogP contribution < -0.4 is 10.6 Å². The van der Waals surface area contributed by atoms with Crippen molar-refractivity contribution in [2.24, 2.45) is 5.92 Å². The number of urea groups is 1. The second-order valence-electron chi connectivity index (χ2n) is 7.65. The van der Waals surface area contributed by atoms with Gasteiger partial charge in [-0.15, -0.1) is 0 Å². The molecule has 1 atom stereocenters. The molecule has 3 rings (SSSR count). The number of imide groups is 1. The summed E-state index contributed by atoms with van der Waals surface area (Å²) in [6.07, 6.45) is 7.21. The molecule has 1 saturated heterocycles. The second kappa shape index (κ2) is 8.55. The van der Waals surface area contributed by atoms with Gasteiger partial charge in [-0.3, -0.25) is 14.5 Å². The van der Waals surface area contributed by atoms with Crippen molar-refractivity contribution in [3.8, 4) is 0 Å². The fraction of sp³-hybridized carbons (Fsp3) is 0.571. The molecule has 0 radical (unpaired) electrons. The highest BCUT2D eigenvalue weighted by Gasteiger charge is 2.52. The van der Waals surface area contributed by atoms with Gasteiger partial charge in [-0.05, 0) is 30.7 Å². The molecule has 1 heterocycles. The van der Waals surface area contributed by atoms with E-state index in [0.717, 1.165) is 29.7 Å². The largest absolute Gasteiger partial charge is 0.354 e. The first kappa shape index (κ1) is 19.4. The molecule has 1 aliphatic heterocycles. The van der Waals surface area contributed by atoms with Gasteiger partial charge >= 0.3 is 6.03 Å². The first-order valence-electron chi connectivity index (χ1n) is 10.0. The summed E-state index contributed by atoms with van der Waals surface area (Å²) in [7, 11) is 0. The summed E-state index contributed by atoms with van der Waals surface area (Å²) in [4.78, 5) is 39.0. The highest BCUT2D eigenvalue weighted by molar-refractivity contribution is 6.09. The van der Waals surface area contributed by atoms with Crippen molar-refractivity contribution < 1.29 is 14.4 Å². The van der Waals surface area contributed by atoms with E-state index in [9.17, 15) is 14.4 Å². The van der Waals surface area contributed by atoms with Gasteiger partial charge in [0.1, 0.15) is 12.1 Å². The Morgan fingerprint density at radius 3 is 2.56 bits per heavy atom. The molecule has 1 aromatic carbocycles. The van der Waals surface area contributed by atoms with Gasteiger partial charge in [0, 0.05) is 6.54 Å². The van der Waals surface area contributed by atoms with Gasteiger partial charge in [0.05, 0.1) is 0 Å². The van der Waals surface area contributed by atoms with Crippen LogP contribution in [0.5, 0.6) is 0 Å². The van der Waals surface area contributed by atoms with Crippen LogP contribution in [0.1, 0.15) is 57.4 Å². The lowest BCUT2D eigenvalue weighted by Gasteiger charge is -2.27. The van der Waals surface area contributed by atoms with Crippen molar-refractivity contribution in [2.45, 2.75) is 57.4 Å². The van der Waals surface area contributed by atoms with Gasteiger partial charge in [0.15, 0.2) is 0 Å². The minimum Gasteiger partial charge on any atom is -0.354 e. The van der Waals surface area contributed by atoms with E-state index < -0.39 is 11.6 Å². The summed E-state index contributed by atoms with van der Waals surface area (Å²) in [5.41, 5.74) is -0.313. The van der Waals surface area contributed by atoms with E-state index >= 15 is 0 Å². The van der Waals surface area contributed by atoms with Crippen LogP contribution in [0.25, 0.3) is 0 Å². The number of hydrogen-bond donors (Lipinski definition) is 2. The Bertz CT molecular complexity index is 685. The zero-order valence-electron chi connectivity index (χ0n) is 16.0. The van der Waals surface area contributed by atoms with Crippen molar-refractivity contribution >= 4 is 17.8 Å². The minimum absolute atomic E-state index is 0.227. The van der Waals surface area contributed by atoms with Gasteiger partial charge in [0.2, 0.25) is 5.91 Å². The molecular weight excluding hydrogens is 342 g/mol. The average molecular weight is 371 g/mol. The number of rotatable bonds is 7. The highest BCUT2D eigenvalue weighted by Crippen LogP contribution is 2.33.